The van der Waals surface area contributed by atoms with Crippen LogP contribution in [0.15, 0.2) is 59.3 Å². The van der Waals surface area contributed by atoms with Gasteiger partial charge in [-0.15, -0.1) is 21.5 Å². The predicted octanol–water partition coefficient (Wildman–Crippen LogP) is 3.02. The lowest BCUT2D eigenvalue weighted by atomic mass is 10.3. The van der Waals surface area contributed by atoms with Gasteiger partial charge >= 0.3 is 6.03 Å². The van der Waals surface area contributed by atoms with Gasteiger partial charge in [-0.1, -0.05) is 36.0 Å². The van der Waals surface area contributed by atoms with Crippen LogP contribution in [0, 0.1) is 0 Å². The number of imide groups is 1. The maximum atomic E-state index is 11.9. The molecule has 0 atom stereocenters. The molecule has 0 fully saturated rings. The number of para-hydroxylation sites is 1. The van der Waals surface area contributed by atoms with Crippen LogP contribution < -0.4 is 10.6 Å². The van der Waals surface area contributed by atoms with Gasteiger partial charge in [-0.3, -0.25) is 10.1 Å². The molecule has 1 aromatic carbocycles. The van der Waals surface area contributed by atoms with Crippen molar-refractivity contribution >= 4 is 40.7 Å². The number of aromatic nitrogens is 3. The molecule has 2 aromatic heterocycles. The molecule has 3 amide bonds. The van der Waals surface area contributed by atoms with Crippen LogP contribution in [-0.4, -0.2) is 32.5 Å². The SMILES string of the molecule is O=C(CSc1nncn1CCc1cccs1)NC(=O)Nc1ccccc1. The molecule has 0 unspecified atom stereocenters. The molecule has 0 saturated heterocycles. The first kappa shape index (κ1) is 18.2. The van der Waals surface area contributed by atoms with Crippen LogP contribution in [0.1, 0.15) is 4.88 Å². The Morgan fingerprint density at radius 1 is 1.15 bits per heavy atom. The summed E-state index contributed by atoms with van der Waals surface area (Å²) in [5, 5.41) is 15.5. The number of nitrogens with one attached hydrogen (secondary N) is 2. The second-order valence-electron chi connectivity index (χ2n) is 5.29. The highest BCUT2D eigenvalue weighted by molar-refractivity contribution is 7.99. The molecule has 26 heavy (non-hydrogen) atoms. The summed E-state index contributed by atoms with van der Waals surface area (Å²) in [6.07, 6.45) is 2.53. The van der Waals surface area contributed by atoms with Gasteiger partial charge in [0, 0.05) is 17.1 Å². The predicted molar refractivity (Wildman–Crippen MR) is 102 cm³/mol. The first-order valence-corrected chi connectivity index (χ1v) is 9.76. The lowest BCUT2D eigenvalue weighted by Crippen LogP contribution is -2.35. The van der Waals surface area contributed by atoms with E-state index in [1.165, 1.54) is 16.6 Å². The fourth-order valence-electron chi connectivity index (χ4n) is 2.17. The third-order valence-corrected chi connectivity index (χ3v) is 5.29. The van der Waals surface area contributed by atoms with Crippen LogP contribution in [0.25, 0.3) is 0 Å². The number of rotatable bonds is 7. The van der Waals surface area contributed by atoms with E-state index in [1.807, 2.05) is 22.1 Å². The Hall–Kier alpha value is -2.65. The maximum absolute atomic E-state index is 11.9. The van der Waals surface area contributed by atoms with Crippen LogP contribution in [0.3, 0.4) is 0 Å². The lowest BCUT2D eigenvalue weighted by molar-refractivity contribution is -0.117. The van der Waals surface area contributed by atoms with Crippen LogP contribution in [0.4, 0.5) is 10.5 Å². The Labute approximate surface area is 158 Å². The van der Waals surface area contributed by atoms with E-state index in [4.69, 9.17) is 0 Å². The molecule has 0 aliphatic heterocycles. The van der Waals surface area contributed by atoms with Gasteiger partial charge < -0.3 is 9.88 Å². The van der Waals surface area contributed by atoms with E-state index >= 15 is 0 Å². The van der Waals surface area contributed by atoms with Crippen molar-refractivity contribution < 1.29 is 9.59 Å². The van der Waals surface area contributed by atoms with Crippen LogP contribution in [0.5, 0.6) is 0 Å². The zero-order chi connectivity index (χ0) is 18.2. The van der Waals surface area contributed by atoms with Crippen molar-refractivity contribution in [1.82, 2.24) is 20.1 Å². The van der Waals surface area contributed by atoms with Gasteiger partial charge in [0.2, 0.25) is 5.91 Å². The number of carbonyl (C=O) groups excluding carboxylic acids is 2. The molecule has 0 spiro atoms. The summed E-state index contributed by atoms with van der Waals surface area (Å²) in [5.41, 5.74) is 0.624. The van der Waals surface area contributed by atoms with E-state index in [9.17, 15) is 9.59 Å². The van der Waals surface area contributed by atoms with Crippen molar-refractivity contribution in [2.75, 3.05) is 11.1 Å². The molecule has 134 valence electrons. The minimum atomic E-state index is -0.555. The fourth-order valence-corrected chi connectivity index (χ4v) is 3.61. The number of urea groups is 1. The number of hydrogen-bond donors (Lipinski definition) is 2. The van der Waals surface area contributed by atoms with Crippen LogP contribution in [-0.2, 0) is 17.8 Å². The van der Waals surface area contributed by atoms with Gasteiger partial charge in [0.1, 0.15) is 6.33 Å². The van der Waals surface area contributed by atoms with Gasteiger partial charge in [-0.2, -0.15) is 0 Å². The summed E-state index contributed by atoms with van der Waals surface area (Å²) in [5.74, 6) is -0.309. The molecule has 0 aliphatic carbocycles. The molecule has 7 nitrogen and oxygen atoms in total. The zero-order valence-electron chi connectivity index (χ0n) is 13.8. The Morgan fingerprint density at radius 3 is 2.77 bits per heavy atom. The Balaban J connectivity index is 1.44. The van der Waals surface area contributed by atoms with Crippen molar-refractivity contribution in [3.8, 4) is 0 Å². The molecule has 0 saturated carbocycles. The number of benzene rings is 1. The maximum Gasteiger partial charge on any atom is 0.325 e. The summed E-state index contributed by atoms with van der Waals surface area (Å²) in [4.78, 5) is 25.0. The largest absolute Gasteiger partial charge is 0.325 e. The molecule has 3 aromatic rings. The number of hydrogen-bond acceptors (Lipinski definition) is 6. The third-order valence-electron chi connectivity index (χ3n) is 3.38. The van der Waals surface area contributed by atoms with E-state index in [-0.39, 0.29) is 5.75 Å². The number of anilines is 1. The monoisotopic (exact) mass is 387 g/mol. The Kier molecular flexibility index (Phi) is 6.39. The molecular weight excluding hydrogens is 370 g/mol. The van der Waals surface area contributed by atoms with E-state index < -0.39 is 11.9 Å². The number of thioether (sulfide) groups is 1. The first-order valence-electron chi connectivity index (χ1n) is 7.89. The third kappa shape index (κ3) is 5.43. The van der Waals surface area contributed by atoms with Crippen molar-refractivity contribution in [2.45, 2.75) is 18.1 Å². The van der Waals surface area contributed by atoms with Gasteiger partial charge in [0.25, 0.3) is 0 Å². The molecule has 0 aliphatic rings. The number of aryl methyl sites for hydroxylation is 2. The Morgan fingerprint density at radius 2 is 2.00 bits per heavy atom. The van der Waals surface area contributed by atoms with Crippen molar-refractivity contribution in [2.24, 2.45) is 0 Å². The van der Waals surface area contributed by atoms with Crippen molar-refractivity contribution in [3.63, 3.8) is 0 Å². The highest BCUT2D eigenvalue weighted by atomic mass is 32.2. The number of thiophene rings is 1. The number of carbonyl (C=O) groups is 2. The topological polar surface area (TPSA) is 88.9 Å². The number of amides is 3. The first-order chi connectivity index (χ1) is 12.7. The minimum Gasteiger partial charge on any atom is -0.308 e. The zero-order valence-corrected chi connectivity index (χ0v) is 15.4. The Bertz CT molecular complexity index is 849. The average Bonchev–Trinajstić information content (AvgIpc) is 3.30. The molecule has 2 N–H and O–H groups in total. The normalized spacial score (nSPS) is 10.5. The summed E-state index contributed by atoms with van der Waals surface area (Å²) < 4.78 is 1.90. The van der Waals surface area contributed by atoms with Gasteiger partial charge in [0.15, 0.2) is 5.16 Å². The molecule has 2 heterocycles. The smallest absolute Gasteiger partial charge is 0.308 e. The van der Waals surface area contributed by atoms with E-state index in [2.05, 4.69) is 26.9 Å². The second kappa shape index (κ2) is 9.16. The summed E-state index contributed by atoms with van der Waals surface area (Å²) in [7, 11) is 0. The van der Waals surface area contributed by atoms with Crippen molar-refractivity contribution in [3.05, 3.63) is 59.0 Å². The van der Waals surface area contributed by atoms with Crippen LogP contribution >= 0.6 is 23.1 Å². The fraction of sp³-hybridized carbons (Fsp3) is 0.176. The summed E-state index contributed by atoms with van der Waals surface area (Å²) >= 11 is 2.95. The second-order valence-corrected chi connectivity index (χ2v) is 7.27. The lowest BCUT2D eigenvalue weighted by Gasteiger charge is -2.07. The van der Waals surface area contributed by atoms with Crippen LogP contribution in [0.2, 0.25) is 0 Å². The molecule has 9 heteroatoms. The molecule has 0 bridgehead atoms. The van der Waals surface area contributed by atoms with E-state index in [0.717, 1.165) is 13.0 Å². The number of nitrogens with zero attached hydrogens (tertiary/aromatic N) is 3. The summed E-state index contributed by atoms with van der Waals surface area (Å²) in [6.45, 7) is 0.742. The highest BCUT2D eigenvalue weighted by Gasteiger charge is 2.12. The minimum absolute atomic E-state index is 0.0832. The van der Waals surface area contributed by atoms with Gasteiger partial charge in [-0.05, 0) is 30.0 Å². The highest BCUT2D eigenvalue weighted by Crippen LogP contribution is 2.16. The molecular formula is C17H17N5O2S2. The summed E-state index contributed by atoms with van der Waals surface area (Å²) in [6, 6.07) is 12.5. The molecule has 0 radical (unpaired) electrons. The van der Waals surface area contributed by atoms with Crippen molar-refractivity contribution in [1.29, 1.82) is 0 Å². The quantitative estimate of drug-likeness (QED) is 0.608. The van der Waals surface area contributed by atoms with Gasteiger partial charge in [0.05, 0.1) is 5.75 Å². The van der Waals surface area contributed by atoms with E-state index in [1.54, 1.807) is 41.9 Å². The van der Waals surface area contributed by atoms with E-state index in [0.29, 0.717) is 10.8 Å². The molecule has 3 rings (SSSR count). The standard InChI is InChI=1S/C17H17N5O2S2/c23-15(20-16(24)19-13-5-2-1-3-6-13)11-26-17-21-18-12-22(17)9-8-14-7-4-10-25-14/h1-7,10,12H,8-9,11H2,(H2,19,20,23,24). The average molecular weight is 387 g/mol. The van der Waals surface area contributed by atoms with Gasteiger partial charge in [-0.25, -0.2) is 4.79 Å².